The predicted molar refractivity (Wildman–Crippen MR) is 217 cm³/mol. The van der Waals surface area contributed by atoms with E-state index in [1.807, 2.05) is 0 Å². The zero-order valence-electron chi connectivity index (χ0n) is 34.1. The third-order valence-electron chi connectivity index (χ3n) is 9.17. The molecule has 0 fully saturated rings. The number of rotatable bonds is 40. The van der Waals surface area contributed by atoms with Crippen LogP contribution < -0.4 is 5.73 Å². The number of nitrogens with two attached hydrogens (primary N) is 1. The van der Waals surface area contributed by atoms with Gasteiger partial charge in [-0.15, -0.1) is 0 Å². The maximum absolute atomic E-state index is 12.6. The molecule has 0 radical (unpaired) electrons. The number of carboxylic acids is 1. The molecule has 54 heavy (non-hydrogen) atoms. The van der Waals surface area contributed by atoms with Crippen molar-refractivity contribution < 1.29 is 47.5 Å². The molecule has 0 aromatic heterocycles. The van der Waals surface area contributed by atoms with Gasteiger partial charge in [-0.25, -0.2) is 4.57 Å². The van der Waals surface area contributed by atoms with Crippen molar-refractivity contribution in [2.45, 2.75) is 206 Å². The van der Waals surface area contributed by atoms with E-state index in [0.29, 0.717) is 12.8 Å². The standard InChI is InChI=1S/C42H78NO10P/c1-3-5-7-9-11-13-15-17-19-21-23-25-27-29-31-33-40(44)50-35-38(36-51-54(48,49)52-37-39(43)42(46)47)53-41(45)34-32-30-28-26-24-22-20-18-16-14-12-10-8-6-4-2/h9,11,22,24,38-39H,3-8,10,12-21,23,25-37,43H2,1-2H3,(H,46,47)(H,48,49)/b11-9+,24-22+/t38-,39+/m1/s1. The summed E-state index contributed by atoms with van der Waals surface area (Å²) >= 11 is 0. The van der Waals surface area contributed by atoms with Gasteiger partial charge in [0.2, 0.25) is 0 Å². The summed E-state index contributed by atoms with van der Waals surface area (Å²) in [6.45, 7) is 2.76. The van der Waals surface area contributed by atoms with Gasteiger partial charge in [0.25, 0.3) is 0 Å². The Hall–Kier alpha value is -2.04. The van der Waals surface area contributed by atoms with Crippen LogP contribution in [0.25, 0.3) is 0 Å². The highest BCUT2D eigenvalue weighted by molar-refractivity contribution is 7.47. The summed E-state index contributed by atoms with van der Waals surface area (Å²) in [4.78, 5) is 45.9. The molecule has 0 bridgehead atoms. The summed E-state index contributed by atoms with van der Waals surface area (Å²) in [5.74, 6) is -2.40. The lowest BCUT2D eigenvalue weighted by molar-refractivity contribution is -0.161. The molecule has 11 nitrogen and oxygen atoms in total. The minimum atomic E-state index is -4.71. The minimum Gasteiger partial charge on any atom is -0.480 e. The van der Waals surface area contributed by atoms with E-state index in [2.05, 4.69) is 42.7 Å². The normalized spacial score (nSPS) is 14.0. The average Bonchev–Trinajstić information content (AvgIpc) is 3.14. The molecule has 316 valence electrons. The summed E-state index contributed by atoms with van der Waals surface area (Å²) in [5, 5.41) is 8.88. The molecule has 0 saturated heterocycles. The van der Waals surface area contributed by atoms with Crippen LogP contribution in [0.5, 0.6) is 0 Å². The Kier molecular flexibility index (Phi) is 36.4. The van der Waals surface area contributed by atoms with Crippen LogP contribution in [-0.2, 0) is 37.5 Å². The second-order valence-corrected chi connectivity index (χ2v) is 15.9. The van der Waals surface area contributed by atoms with Gasteiger partial charge in [0.15, 0.2) is 6.10 Å². The van der Waals surface area contributed by atoms with Crippen molar-refractivity contribution in [3.8, 4) is 0 Å². The molecule has 0 aliphatic carbocycles. The molecule has 0 heterocycles. The van der Waals surface area contributed by atoms with Crippen molar-refractivity contribution in [1.29, 1.82) is 0 Å². The number of allylic oxidation sites excluding steroid dienone is 4. The molecule has 4 N–H and O–H groups in total. The Morgan fingerprint density at radius 1 is 0.556 bits per heavy atom. The van der Waals surface area contributed by atoms with Gasteiger partial charge in [-0.2, -0.15) is 0 Å². The zero-order valence-corrected chi connectivity index (χ0v) is 35.0. The highest BCUT2D eigenvalue weighted by atomic mass is 31.2. The fraction of sp³-hybridized carbons (Fsp3) is 0.833. The summed E-state index contributed by atoms with van der Waals surface area (Å²) in [5.41, 5.74) is 5.33. The first-order valence-electron chi connectivity index (χ1n) is 21.4. The number of hydrogen-bond acceptors (Lipinski definition) is 9. The van der Waals surface area contributed by atoms with E-state index in [0.717, 1.165) is 44.9 Å². The van der Waals surface area contributed by atoms with Gasteiger partial charge in [-0.3, -0.25) is 23.4 Å². The molecule has 12 heteroatoms. The van der Waals surface area contributed by atoms with Crippen molar-refractivity contribution in [3.05, 3.63) is 24.3 Å². The van der Waals surface area contributed by atoms with Gasteiger partial charge in [0, 0.05) is 12.8 Å². The maximum atomic E-state index is 12.6. The largest absolute Gasteiger partial charge is 0.480 e. The number of carbonyl (C=O) groups excluding carboxylic acids is 2. The number of phosphoric acid groups is 1. The van der Waals surface area contributed by atoms with E-state index in [1.165, 1.54) is 109 Å². The molecule has 0 aliphatic heterocycles. The summed E-state index contributed by atoms with van der Waals surface area (Å²) < 4.78 is 32.6. The summed E-state index contributed by atoms with van der Waals surface area (Å²) in [6, 6.07) is -1.52. The molecule has 3 atom stereocenters. The van der Waals surface area contributed by atoms with Crippen LogP contribution in [-0.4, -0.2) is 59.9 Å². The van der Waals surface area contributed by atoms with Crippen LogP contribution in [0.3, 0.4) is 0 Å². The molecule has 0 spiro atoms. The lowest BCUT2D eigenvalue weighted by Gasteiger charge is -2.20. The molecular weight excluding hydrogens is 709 g/mol. The van der Waals surface area contributed by atoms with Crippen molar-refractivity contribution in [1.82, 2.24) is 0 Å². The van der Waals surface area contributed by atoms with Crippen molar-refractivity contribution in [2.24, 2.45) is 5.73 Å². The Morgan fingerprint density at radius 3 is 1.43 bits per heavy atom. The van der Waals surface area contributed by atoms with E-state index in [1.54, 1.807) is 0 Å². The van der Waals surface area contributed by atoms with E-state index >= 15 is 0 Å². The number of ether oxygens (including phenoxy) is 2. The first kappa shape index (κ1) is 52.0. The fourth-order valence-corrected chi connectivity index (χ4v) is 6.52. The molecule has 0 aliphatic rings. The van der Waals surface area contributed by atoms with E-state index in [4.69, 9.17) is 24.8 Å². The monoisotopic (exact) mass is 788 g/mol. The number of carbonyl (C=O) groups is 3. The summed E-state index contributed by atoms with van der Waals surface area (Å²) in [6.07, 6.45) is 38.1. The van der Waals surface area contributed by atoms with Crippen LogP contribution in [0.15, 0.2) is 24.3 Å². The minimum absolute atomic E-state index is 0.142. The fourth-order valence-electron chi connectivity index (χ4n) is 5.75. The van der Waals surface area contributed by atoms with Crippen molar-refractivity contribution in [3.63, 3.8) is 0 Å². The third-order valence-corrected chi connectivity index (χ3v) is 10.1. The van der Waals surface area contributed by atoms with Gasteiger partial charge >= 0.3 is 25.7 Å². The quantitative estimate of drug-likeness (QED) is 0.0233. The number of carboxylic acid groups (broad SMARTS) is 1. The number of aliphatic carboxylic acids is 1. The highest BCUT2D eigenvalue weighted by Gasteiger charge is 2.28. The van der Waals surface area contributed by atoms with Crippen LogP contribution in [0.4, 0.5) is 0 Å². The predicted octanol–water partition coefficient (Wildman–Crippen LogP) is 11.1. The Bertz CT molecular complexity index is 1020. The van der Waals surface area contributed by atoms with Gasteiger partial charge in [-0.05, 0) is 57.8 Å². The van der Waals surface area contributed by atoms with E-state index < -0.39 is 51.1 Å². The van der Waals surface area contributed by atoms with Gasteiger partial charge < -0.3 is 25.2 Å². The summed E-state index contributed by atoms with van der Waals surface area (Å²) in [7, 11) is -4.71. The molecule has 0 aromatic carbocycles. The van der Waals surface area contributed by atoms with Crippen molar-refractivity contribution >= 4 is 25.7 Å². The highest BCUT2D eigenvalue weighted by Crippen LogP contribution is 2.43. The lowest BCUT2D eigenvalue weighted by atomic mass is 10.1. The maximum Gasteiger partial charge on any atom is 0.472 e. The molecule has 0 rings (SSSR count). The first-order valence-corrected chi connectivity index (χ1v) is 22.9. The second-order valence-electron chi connectivity index (χ2n) is 14.5. The Balaban J connectivity index is 4.39. The first-order chi connectivity index (χ1) is 26.1. The Labute approximate surface area is 328 Å². The van der Waals surface area contributed by atoms with Crippen LogP contribution in [0.2, 0.25) is 0 Å². The molecule has 1 unspecified atom stereocenters. The molecule has 0 aromatic rings. The van der Waals surface area contributed by atoms with Crippen molar-refractivity contribution in [2.75, 3.05) is 19.8 Å². The SMILES string of the molecule is CCCC/C=C/CCCCCCCCCCCC(=O)OC[C@H](COP(=O)(O)OC[C@H](N)C(=O)O)OC(=O)CCCCC/C=C/CCCCCCCCCC. The van der Waals surface area contributed by atoms with Crippen LogP contribution in [0.1, 0.15) is 194 Å². The van der Waals surface area contributed by atoms with E-state index in [-0.39, 0.29) is 19.4 Å². The molecule has 0 amide bonds. The van der Waals surface area contributed by atoms with Gasteiger partial charge in [0.1, 0.15) is 12.6 Å². The van der Waals surface area contributed by atoms with E-state index in [9.17, 15) is 23.8 Å². The smallest absolute Gasteiger partial charge is 0.472 e. The number of esters is 2. The second kappa shape index (κ2) is 37.9. The van der Waals surface area contributed by atoms with Crippen LogP contribution in [0, 0.1) is 0 Å². The number of phosphoric ester groups is 1. The zero-order chi connectivity index (χ0) is 40.0. The molecular formula is C42H78NO10P. The molecule has 0 saturated carbocycles. The number of hydrogen-bond donors (Lipinski definition) is 3. The van der Waals surface area contributed by atoms with Gasteiger partial charge in [-0.1, -0.05) is 147 Å². The van der Waals surface area contributed by atoms with Crippen LogP contribution >= 0.6 is 7.82 Å². The topological polar surface area (TPSA) is 172 Å². The Morgan fingerprint density at radius 2 is 0.944 bits per heavy atom. The number of unbranched alkanes of at least 4 members (excludes halogenated alkanes) is 22. The van der Waals surface area contributed by atoms with Gasteiger partial charge in [0.05, 0.1) is 13.2 Å². The lowest BCUT2D eigenvalue weighted by Crippen LogP contribution is -2.34. The third kappa shape index (κ3) is 36.9. The average molecular weight is 788 g/mol.